The van der Waals surface area contributed by atoms with Crippen LogP contribution in [-0.4, -0.2) is 21.0 Å². The monoisotopic (exact) mass is 368 g/mol. The SMILES string of the molecule is CCC(=O)O.O=c1[nH]c2ccc(-c3ccccc3Cl)cc2c2cc[nH]c12. The average Bonchev–Trinajstić information content (AvgIpc) is 3.13. The van der Waals surface area contributed by atoms with Gasteiger partial charge in [-0.1, -0.05) is 42.8 Å². The predicted octanol–water partition coefficient (Wildman–Crippen LogP) is 4.81. The van der Waals surface area contributed by atoms with Crippen LogP contribution in [-0.2, 0) is 4.79 Å². The number of hydrogen-bond donors (Lipinski definition) is 3. The molecule has 0 atom stereocenters. The van der Waals surface area contributed by atoms with E-state index in [4.69, 9.17) is 16.7 Å². The van der Waals surface area contributed by atoms with Crippen molar-refractivity contribution in [2.45, 2.75) is 13.3 Å². The van der Waals surface area contributed by atoms with Gasteiger partial charge in [0.1, 0.15) is 5.52 Å². The first-order chi connectivity index (χ1) is 12.5. The fourth-order valence-corrected chi connectivity index (χ4v) is 2.95. The number of benzene rings is 2. The Kier molecular flexibility index (Phi) is 5.09. The van der Waals surface area contributed by atoms with E-state index in [1.165, 1.54) is 0 Å². The number of carboxylic acids is 1. The van der Waals surface area contributed by atoms with E-state index in [2.05, 4.69) is 16.0 Å². The first-order valence-electron chi connectivity index (χ1n) is 8.11. The van der Waals surface area contributed by atoms with Crippen molar-refractivity contribution >= 4 is 39.4 Å². The number of halogens is 1. The van der Waals surface area contributed by atoms with Crippen LogP contribution < -0.4 is 5.56 Å². The number of aromatic amines is 2. The second-order valence-corrected chi connectivity index (χ2v) is 6.12. The number of carbonyl (C=O) groups is 1. The van der Waals surface area contributed by atoms with Gasteiger partial charge >= 0.3 is 5.97 Å². The van der Waals surface area contributed by atoms with Crippen molar-refractivity contribution < 1.29 is 9.90 Å². The molecule has 2 heterocycles. The van der Waals surface area contributed by atoms with Crippen LogP contribution in [0.4, 0.5) is 0 Å². The van der Waals surface area contributed by atoms with Gasteiger partial charge < -0.3 is 15.1 Å². The summed E-state index contributed by atoms with van der Waals surface area (Å²) in [7, 11) is 0. The highest BCUT2D eigenvalue weighted by Gasteiger charge is 2.08. The Hall–Kier alpha value is -3.05. The molecule has 3 N–H and O–H groups in total. The number of H-pyrrole nitrogens is 2. The summed E-state index contributed by atoms with van der Waals surface area (Å²) >= 11 is 6.27. The van der Waals surface area contributed by atoms with Crippen LogP contribution in [0.25, 0.3) is 32.9 Å². The van der Waals surface area contributed by atoms with Crippen LogP contribution in [0.2, 0.25) is 5.02 Å². The first kappa shape index (κ1) is 17.8. The molecule has 0 unspecified atom stereocenters. The van der Waals surface area contributed by atoms with Crippen LogP contribution in [0.3, 0.4) is 0 Å². The highest BCUT2D eigenvalue weighted by Crippen LogP contribution is 2.31. The van der Waals surface area contributed by atoms with Gasteiger partial charge in [-0.15, -0.1) is 0 Å². The number of nitrogens with one attached hydrogen (secondary N) is 2. The number of carboxylic acid groups (broad SMARTS) is 1. The van der Waals surface area contributed by atoms with Gasteiger partial charge in [0.15, 0.2) is 0 Å². The standard InChI is InChI=1S/C17H11ClN2O.C3H6O2/c18-14-4-2-1-3-11(14)10-5-6-15-13(9-10)12-7-8-19-16(12)17(21)20-15;1-2-3(4)5/h1-9,19H,(H,20,21);2H2,1H3,(H,4,5). The van der Waals surface area contributed by atoms with Gasteiger partial charge in [-0.25, -0.2) is 0 Å². The Morgan fingerprint density at radius 1 is 1.12 bits per heavy atom. The summed E-state index contributed by atoms with van der Waals surface area (Å²) < 4.78 is 0. The molecule has 0 radical (unpaired) electrons. The van der Waals surface area contributed by atoms with Gasteiger partial charge in [-0.05, 0) is 29.8 Å². The number of hydrogen-bond acceptors (Lipinski definition) is 2. The highest BCUT2D eigenvalue weighted by atomic mass is 35.5. The largest absolute Gasteiger partial charge is 0.481 e. The maximum atomic E-state index is 12.0. The average molecular weight is 369 g/mol. The number of aliphatic carboxylic acids is 1. The van der Waals surface area contributed by atoms with Crippen molar-refractivity contribution in [3.63, 3.8) is 0 Å². The molecular weight excluding hydrogens is 352 g/mol. The number of aromatic nitrogens is 2. The first-order valence-corrected chi connectivity index (χ1v) is 8.49. The molecule has 5 nitrogen and oxygen atoms in total. The Balaban J connectivity index is 0.000000349. The highest BCUT2D eigenvalue weighted by molar-refractivity contribution is 6.33. The molecule has 0 aliphatic carbocycles. The van der Waals surface area contributed by atoms with Crippen LogP contribution in [0.1, 0.15) is 13.3 Å². The molecular formula is C20H17ClN2O3. The third kappa shape index (κ3) is 3.48. The Labute approximate surface area is 154 Å². The lowest BCUT2D eigenvalue weighted by Crippen LogP contribution is -2.05. The smallest absolute Gasteiger partial charge is 0.303 e. The van der Waals surface area contributed by atoms with E-state index in [1.807, 2.05) is 42.5 Å². The van der Waals surface area contributed by atoms with Crippen LogP contribution >= 0.6 is 11.6 Å². The van der Waals surface area contributed by atoms with Crippen molar-refractivity contribution in [1.82, 2.24) is 9.97 Å². The van der Waals surface area contributed by atoms with Gasteiger partial charge in [-0.3, -0.25) is 9.59 Å². The fourth-order valence-electron chi connectivity index (χ4n) is 2.71. The zero-order valence-corrected chi connectivity index (χ0v) is 14.8. The maximum absolute atomic E-state index is 12.0. The van der Waals surface area contributed by atoms with Gasteiger partial charge in [0.2, 0.25) is 0 Å². The number of rotatable bonds is 2. The van der Waals surface area contributed by atoms with Crippen molar-refractivity contribution in [3.8, 4) is 11.1 Å². The molecule has 0 saturated carbocycles. The summed E-state index contributed by atoms with van der Waals surface area (Å²) in [4.78, 5) is 27.2. The minimum absolute atomic E-state index is 0.104. The summed E-state index contributed by atoms with van der Waals surface area (Å²) in [6.07, 6.45) is 2.00. The maximum Gasteiger partial charge on any atom is 0.303 e. The third-order valence-electron chi connectivity index (χ3n) is 4.02. The molecule has 4 aromatic rings. The lowest BCUT2D eigenvalue weighted by Gasteiger charge is -2.07. The summed E-state index contributed by atoms with van der Waals surface area (Å²) in [5, 5.41) is 10.4. The zero-order chi connectivity index (χ0) is 18.7. The summed E-state index contributed by atoms with van der Waals surface area (Å²) in [5.74, 6) is -0.745. The number of pyridine rings is 1. The molecule has 0 spiro atoms. The second kappa shape index (κ2) is 7.45. The zero-order valence-electron chi connectivity index (χ0n) is 14.0. The fraction of sp³-hybridized carbons (Fsp3) is 0.100. The predicted molar refractivity (Wildman–Crippen MR) is 105 cm³/mol. The minimum atomic E-state index is -0.745. The third-order valence-corrected chi connectivity index (χ3v) is 4.35. The van der Waals surface area contributed by atoms with E-state index in [-0.39, 0.29) is 12.0 Å². The molecule has 4 rings (SSSR count). The molecule has 0 aliphatic heterocycles. The Morgan fingerprint density at radius 2 is 1.85 bits per heavy atom. The molecule has 0 fully saturated rings. The van der Waals surface area contributed by atoms with Crippen molar-refractivity contribution in [1.29, 1.82) is 0 Å². The molecule has 6 heteroatoms. The van der Waals surface area contributed by atoms with Crippen LogP contribution in [0.15, 0.2) is 59.5 Å². The minimum Gasteiger partial charge on any atom is -0.481 e. The lowest BCUT2D eigenvalue weighted by molar-refractivity contribution is -0.136. The van der Waals surface area contributed by atoms with Gasteiger partial charge in [0.25, 0.3) is 5.56 Å². The van der Waals surface area contributed by atoms with E-state index in [0.29, 0.717) is 10.5 Å². The molecule has 0 bridgehead atoms. The van der Waals surface area contributed by atoms with E-state index in [1.54, 1.807) is 13.1 Å². The van der Waals surface area contributed by atoms with Gasteiger partial charge in [0, 0.05) is 39.5 Å². The van der Waals surface area contributed by atoms with E-state index >= 15 is 0 Å². The Morgan fingerprint density at radius 3 is 2.54 bits per heavy atom. The second-order valence-electron chi connectivity index (χ2n) is 5.71. The van der Waals surface area contributed by atoms with Crippen LogP contribution in [0.5, 0.6) is 0 Å². The summed E-state index contributed by atoms with van der Waals surface area (Å²) in [5.41, 5.74) is 3.33. The quantitative estimate of drug-likeness (QED) is 0.474. The van der Waals surface area contributed by atoms with E-state index in [0.717, 1.165) is 27.4 Å². The van der Waals surface area contributed by atoms with Gasteiger partial charge in [0.05, 0.1) is 0 Å². The van der Waals surface area contributed by atoms with E-state index in [9.17, 15) is 9.59 Å². The van der Waals surface area contributed by atoms with E-state index < -0.39 is 5.97 Å². The van der Waals surface area contributed by atoms with Gasteiger partial charge in [-0.2, -0.15) is 0 Å². The topological polar surface area (TPSA) is 85.9 Å². The number of fused-ring (bicyclic) bond motifs is 3. The van der Waals surface area contributed by atoms with Crippen molar-refractivity contribution in [3.05, 3.63) is 70.1 Å². The summed E-state index contributed by atoms with van der Waals surface area (Å²) in [6.45, 7) is 1.60. The Bertz CT molecular complexity index is 1140. The molecule has 0 aliphatic rings. The molecule has 0 amide bonds. The van der Waals surface area contributed by atoms with Crippen LogP contribution in [0, 0.1) is 0 Å². The van der Waals surface area contributed by atoms with Crippen molar-refractivity contribution in [2.24, 2.45) is 0 Å². The molecule has 2 aromatic heterocycles. The molecule has 2 aromatic carbocycles. The van der Waals surface area contributed by atoms with Crippen molar-refractivity contribution in [2.75, 3.05) is 0 Å². The summed E-state index contributed by atoms with van der Waals surface area (Å²) in [6, 6.07) is 15.6. The molecule has 132 valence electrons. The molecule has 26 heavy (non-hydrogen) atoms. The molecule has 0 saturated heterocycles. The normalized spacial score (nSPS) is 10.5. The lowest BCUT2D eigenvalue weighted by atomic mass is 10.0.